The predicted octanol–water partition coefficient (Wildman–Crippen LogP) is 2.96. The Bertz CT molecular complexity index is 1190. The highest BCUT2D eigenvalue weighted by Crippen LogP contribution is 2.29. The third kappa shape index (κ3) is 6.08. The molecule has 1 aliphatic heterocycles. The minimum absolute atomic E-state index is 0.0958. The van der Waals surface area contributed by atoms with Crippen LogP contribution in [-0.4, -0.2) is 64.4 Å². The molecule has 184 valence electrons. The molecule has 0 atom stereocenters. The van der Waals surface area contributed by atoms with E-state index in [1.807, 2.05) is 61.2 Å². The Morgan fingerprint density at radius 1 is 1.09 bits per heavy atom. The molecular formula is C25H31N7O3. The van der Waals surface area contributed by atoms with E-state index in [1.165, 1.54) is 6.92 Å². The number of anilines is 2. The van der Waals surface area contributed by atoms with Gasteiger partial charge in [-0.1, -0.05) is 12.1 Å². The van der Waals surface area contributed by atoms with Crippen molar-refractivity contribution in [1.82, 2.24) is 25.0 Å². The average Bonchev–Trinajstić information content (AvgIpc) is 3.28. The smallest absolute Gasteiger partial charge is 0.317 e. The number of hydrogen-bond donors (Lipinski definition) is 2. The van der Waals surface area contributed by atoms with E-state index in [1.54, 1.807) is 11.0 Å². The highest BCUT2D eigenvalue weighted by Gasteiger charge is 2.22. The second-order valence-corrected chi connectivity index (χ2v) is 8.34. The second-order valence-electron chi connectivity index (χ2n) is 8.34. The summed E-state index contributed by atoms with van der Waals surface area (Å²) in [4.78, 5) is 32.2. The zero-order valence-corrected chi connectivity index (χ0v) is 20.3. The summed E-state index contributed by atoms with van der Waals surface area (Å²) < 4.78 is 7.60. The highest BCUT2D eigenvalue weighted by molar-refractivity contribution is 5.88. The minimum atomic E-state index is -0.124. The summed E-state index contributed by atoms with van der Waals surface area (Å²) in [5.41, 5.74) is 3.53. The van der Waals surface area contributed by atoms with Gasteiger partial charge >= 0.3 is 6.03 Å². The second kappa shape index (κ2) is 10.9. The van der Waals surface area contributed by atoms with Crippen molar-refractivity contribution in [2.24, 2.45) is 0 Å². The Kier molecular flexibility index (Phi) is 7.49. The first-order chi connectivity index (χ1) is 16.9. The molecule has 0 bridgehead atoms. The number of amides is 3. The monoisotopic (exact) mass is 477 g/mol. The average molecular weight is 478 g/mol. The number of hydrogen-bond acceptors (Lipinski definition) is 6. The van der Waals surface area contributed by atoms with E-state index in [2.05, 4.69) is 25.6 Å². The van der Waals surface area contributed by atoms with E-state index in [9.17, 15) is 9.59 Å². The Balaban J connectivity index is 1.34. The van der Waals surface area contributed by atoms with Crippen LogP contribution in [0.25, 0.3) is 5.69 Å². The molecule has 0 unspecified atom stereocenters. The summed E-state index contributed by atoms with van der Waals surface area (Å²) in [5.74, 6) is 1.32. The van der Waals surface area contributed by atoms with Crippen LogP contribution < -0.4 is 20.3 Å². The van der Waals surface area contributed by atoms with Crippen molar-refractivity contribution in [2.45, 2.75) is 27.3 Å². The van der Waals surface area contributed by atoms with E-state index in [0.717, 1.165) is 35.8 Å². The normalized spacial score (nSPS) is 13.5. The summed E-state index contributed by atoms with van der Waals surface area (Å²) in [6.07, 6.45) is 1.68. The molecule has 4 rings (SSSR count). The number of piperazine rings is 1. The maximum absolute atomic E-state index is 12.7. The third-order valence-corrected chi connectivity index (χ3v) is 5.72. The van der Waals surface area contributed by atoms with Crippen molar-refractivity contribution in [3.8, 4) is 11.4 Å². The molecule has 2 aromatic carbocycles. The van der Waals surface area contributed by atoms with Crippen molar-refractivity contribution >= 4 is 23.3 Å². The fourth-order valence-corrected chi connectivity index (χ4v) is 4.04. The Morgan fingerprint density at radius 2 is 1.89 bits per heavy atom. The van der Waals surface area contributed by atoms with Crippen LogP contribution in [0.5, 0.6) is 5.75 Å². The molecule has 2 heterocycles. The first-order valence-corrected chi connectivity index (χ1v) is 11.7. The molecule has 1 saturated heterocycles. The van der Waals surface area contributed by atoms with Gasteiger partial charge < -0.3 is 25.2 Å². The Hall–Kier alpha value is -4.08. The molecule has 2 N–H and O–H groups in total. The van der Waals surface area contributed by atoms with Crippen LogP contribution in [-0.2, 0) is 11.3 Å². The first kappa shape index (κ1) is 24.1. The number of nitrogens with zero attached hydrogens (tertiary/aromatic N) is 5. The largest absolute Gasteiger partial charge is 0.492 e. The summed E-state index contributed by atoms with van der Waals surface area (Å²) >= 11 is 0. The van der Waals surface area contributed by atoms with E-state index < -0.39 is 0 Å². The van der Waals surface area contributed by atoms with Gasteiger partial charge in [-0.3, -0.25) is 4.79 Å². The van der Waals surface area contributed by atoms with Gasteiger partial charge in [0.2, 0.25) is 5.91 Å². The number of urea groups is 1. The summed E-state index contributed by atoms with van der Waals surface area (Å²) in [6.45, 7) is 8.90. The fraction of sp³-hybridized carbons (Fsp3) is 0.360. The maximum Gasteiger partial charge on any atom is 0.317 e. The number of carbonyl (C=O) groups excluding carboxylic acids is 2. The number of aromatic nitrogens is 3. The third-order valence-electron chi connectivity index (χ3n) is 5.72. The van der Waals surface area contributed by atoms with Crippen molar-refractivity contribution < 1.29 is 14.3 Å². The van der Waals surface area contributed by atoms with Gasteiger partial charge in [0.25, 0.3) is 0 Å². The van der Waals surface area contributed by atoms with Crippen LogP contribution in [0.15, 0.2) is 48.8 Å². The molecule has 1 aromatic heterocycles. The van der Waals surface area contributed by atoms with Gasteiger partial charge in [0.15, 0.2) is 0 Å². The van der Waals surface area contributed by atoms with E-state index in [-0.39, 0.29) is 11.9 Å². The SMILES string of the molecule is CCOc1cc(N2CCN(C(=O)NCc3cccc(NC(C)=O)c3)CC2)ccc1-n1cnc(C)n1. The van der Waals surface area contributed by atoms with Crippen LogP contribution in [0.1, 0.15) is 25.2 Å². The number of aryl methyl sites for hydroxylation is 1. The van der Waals surface area contributed by atoms with Crippen LogP contribution in [0.2, 0.25) is 0 Å². The lowest BCUT2D eigenvalue weighted by atomic mass is 10.2. The molecule has 1 aliphatic rings. The van der Waals surface area contributed by atoms with Crippen LogP contribution >= 0.6 is 0 Å². The lowest BCUT2D eigenvalue weighted by molar-refractivity contribution is -0.114. The fourth-order valence-electron chi connectivity index (χ4n) is 4.04. The summed E-state index contributed by atoms with van der Waals surface area (Å²) in [5, 5.41) is 10.1. The molecule has 10 heteroatoms. The highest BCUT2D eigenvalue weighted by atomic mass is 16.5. The molecule has 0 spiro atoms. The standard InChI is InChI=1S/C25H31N7O3/c1-4-35-24-15-22(8-9-23(24)32-17-27-18(2)29-32)30-10-12-31(13-11-30)25(34)26-16-20-6-5-7-21(14-20)28-19(3)33/h5-9,14-15,17H,4,10-13,16H2,1-3H3,(H,26,34)(H,28,33). The van der Waals surface area contributed by atoms with Crippen molar-refractivity contribution in [1.29, 1.82) is 0 Å². The van der Waals surface area contributed by atoms with Gasteiger partial charge in [-0.05, 0) is 43.7 Å². The molecule has 1 fully saturated rings. The van der Waals surface area contributed by atoms with Crippen molar-refractivity contribution in [3.63, 3.8) is 0 Å². The lowest BCUT2D eigenvalue weighted by Crippen LogP contribution is -2.51. The van der Waals surface area contributed by atoms with Gasteiger partial charge in [-0.2, -0.15) is 5.10 Å². The molecule has 0 aliphatic carbocycles. The summed E-state index contributed by atoms with van der Waals surface area (Å²) in [7, 11) is 0. The van der Waals surface area contributed by atoms with Gasteiger partial charge in [0.05, 0.1) is 6.61 Å². The molecule has 35 heavy (non-hydrogen) atoms. The molecule has 0 saturated carbocycles. The molecule has 3 amide bonds. The van der Waals surface area contributed by atoms with Crippen LogP contribution in [0.4, 0.5) is 16.2 Å². The maximum atomic E-state index is 12.7. The molecule has 0 radical (unpaired) electrons. The Morgan fingerprint density at radius 3 is 2.57 bits per heavy atom. The minimum Gasteiger partial charge on any atom is -0.492 e. The number of benzene rings is 2. The van der Waals surface area contributed by atoms with E-state index in [0.29, 0.717) is 37.8 Å². The Labute approximate surface area is 204 Å². The number of carbonyl (C=O) groups is 2. The number of nitrogens with one attached hydrogen (secondary N) is 2. The van der Waals surface area contributed by atoms with Crippen molar-refractivity contribution in [3.05, 3.63) is 60.2 Å². The van der Waals surface area contributed by atoms with Gasteiger partial charge in [0, 0.05) is 57.1 Å². The lowest BCUT2D eigenvalue weighted by Gasteiger charge is -2.36. The number of ether oxygens (including phenoxy) is 1. The van der Waals surface area contributed by atoms with Gasteiger partial charge in [-0.25, -0.2) is 14.5 Å². The first-order valence-electron chi connectivity index (χ1n) is 11.7. The molecule has 10 nitrogen and oxygen atoms in total. The quantitative estimate of drug-likeness (QED) is 0.542. The zero-order valence-electron chi connectivity index (χ0n) is 20.3. The van der Waals surface area contributed by atoms with Gasteiger partial charge in [-0.15, -0.1) is 0 Å². The number of rotatable bonds is 7. The molecular weight excluding hydrogens is 446 g/mol. The molecule has 3 aromatic rings. The topological polar surface area (TPSA) is 105 Å². The van der Waals surface area contributed by atoms with Crippen LogP contribution in [0.3, 0.4) is 0 Å². The van der Waals surface area contributed by atoms with Crippen LogP contribution in [0, 0.1) is 6.92 Å². The predicted molar refractivity (Wildman–Crippen MR) is 134 cm³/mol. The van der Waals surface area contributed by atoms with Crippen molar-refractivity contribution in [2.75, 3.05) is 43.0 Å². The van der Waals surface area contributed by atoms with E-state index >= 15 is 0 Å². The van der Waals surface area contributed by atoms with Gasteiger partial charge in [0.1, 0.15) is 23.6 Å². The zero-order chi connectivity index (χ0) is 24.8. The van der Waals surface area contributed by atoms with E-state index in [4.69, 9.17) is 4.74 Å². The summed E-state index contributed by atoms with van der Waals surface area (Å²) in [6, 6.07) is 13.4.